The first kappa shape index (κ1) is 20.4. The van der Waals surface area contributed by atoms with Gasteiger partial charge in [-0.3, -0.25) is 0 Å². The quantitative estimate of drug-likeness (QED) is 0.717. The largest absolute Gasteiger partial charge is 0.394 e. The molecule has 1 heterocycles. The molecular weight excluding hydrogens is 358 g/mol. The van der Waals surface area contributed by atoms with Crippen LogP contribution in [-0.2, 0) is 14.8 Å². The summed E-state index contributed by atoms with van der Waals surface area (Å²) < 4.78 is 31.3. The van der Waals surface area contributed by atoms with Crippen LogP contribution in [0.5, 0.6) is 0 Å². The molecule has 1 aliphatic heterocycles. The fourth-order valence-electron chi connectivity index (χ4n) is 2.58. The van der Waals surface area contributed by atoms with Crippen molar-refractivity contribution in [2.24, 2.45) is 0 Å². The molecule has 8 nitrogen and oxygen atoms in total. The maximum Gasteiger partial charge on any atom is 0.322 e. The average Bonchev–Trinajstić information content (AvgIpc) is 2.62. The zero-order valence-electron chi connectivity index (χ0n) is 15.0. The molecule has 0 radical (unpaired) electrons. The van der Waals surface area contributed by atoms with E-state index in [1.807, 2.05) is 6.92 Å². The molecule has 1 saturated heterocycles. The Morgan fingerprint density at radius 2 is 2.12 bits per heavy atom. The number of amides is 2. The molecule has 1 aliphatic rings. The third-order valence-electron chi connectivity index (χ3n) is 4.17. The van der Waals surface area contributed by atoms with Crippen molar-refractivity contribution in [2.45, 2.75) is 24.0 Å². The van der Waals surface area contributed by atoms with Gasteiger partial charge in [0.05, 0.1) is 36.8 Å². The zero-order chi connectivity index (χ0) is 19.3. The lowest BCUT2D eigenvalue weighted by Gasteiger charge is -2.37. The number of carbonyl (C=O) groups is 1. The molecule has 1 aromatic carbocycles. The van der Waals surface area contributed by atoms with E-state index in [0.717, 1.165) is 0 Å². The minimum absolute atomic E-state index is 0.120. The predicted molar refractivity (Wildman–Crippen MR) is 98.5 cm³/mol. The van der Waals surface area contributed by atoms with Crippen LogP contribution in [0.15, 0.2) is 41.8 Å². The molecule has 9 heteroatoms. The number of aliphatic hydroxyl groups is 1. The van der Waals surface area contributed by atoms with Crippen molar-refractivity contribution in [2.75, 3.05) is 38.7 Å². The molecule has 1 fully saturated rings. The van der Waals surface area contributed by atoms with Gasteiger partial charge in [0.1, 0.15) is 0 Å². The Balaban J connectivity index is 2.07. The van der Waals surface area contributed by atoms with Crippen LogP contribution in [0.4, 0.5) is 10.5 Å². The van der Waals surface area contributed by atoms with Gasteiger partial charge in [-0.15, -0.1) is 6.58 Å². The number of nitrogens with zero attached hydrogens (tertiary/aromatic N) is 2. The summed E-state index contributed by atoms with van der Waals surface area (Å²) in [7, 11) is -2.12. The third kappa shape index (κ3) is 4.61. The number of anilines is 1. The van der Waals surface area contributed by atoms with Crippen molar-refractivity contribution < 1.29 is 23.1 Å². The number of nitrogens with one attached hydrogen (secondary N) is 1. The number of morpholine rings is 1. The van der Waals surface area contributed by atoms with Gasteiger partial charge in [0.15, 0.2) is 0 Å². The van der Waals surface area contributed by atoms with Crippen LogP contribution in [0.25, 0.3) is 0 Å². The summed E-state index contributed by atoms with van der Waals surface area (Å²) in [5.41, 5.74) is 0.486. The van der Waals surface area contributed by atoms with Gasteiger partial charge in [-0.05, 0) is 31.2 Å². The molecule has 0 bridgehead atoms. The van der Waals surface area contributed by atoms with Crippen molar-refractivity contribution in [1.82, 2.24) is 9.21 Å². The van der Waals surface area contributed by atoms with Crippen LogP contribution in [-0.4, -0.2) is 74.3 Å². The van der Waals surface area contributed by atoms with Gasteiger partial charge in [-0.25, -0.2) is 13.2 Å². The zero-order valence-corrected chi connectivity index (χ0v) is 15.8. The molecule has 2 atom stereocenters. The van der Waals surface area contributed by atoms with Gasteiger partial charge >= 0.3 is 6.03 Å². The molecule has 0 aliphatic carbocycles. The highest BCUT2D eigenvalue weighted by Gasteiger charge is 2.29. The number of urea groups is 1. The fraction of sp³-hybridized carbons (Fsp3) is 0.471. The van der Waals surface area contributed by atoms with Crippen molar-refractivity contribution in [3.05, 3.63) is 36.9 Å². The predicted octanol–water partition coefficient (Wildman–Crippen LogP) is 1.11. The summed E-state index contributed by atoms with van der Waals surface area (Å²) in [5.74, 6) is 0. The lowest BCUT2D eigenvalue weighted by Crippen LogP contribution is -2.53. The van der Waals surface area contributed by atoms with E-state index in [0.29, 0.717) is 18.8 Å². The molecule has 2 rings (SSSR count). The van der Waals surface area contributed by atoms with E-state index >= 15 is 0 Å². The second-order valence-electron chi connectivity index (χ2n) is 6.17. The number of hydrogen-bond acceptors (Lipinski definition) is 5. The molecule has 26 heavy (non-hydrogen) atoms. The lowest BCUT2D eigenvalue weighted by atomic mass is 10.2. The molecule has 1 aromatic rings. The van der Waals surface area contributed by atoms with Crippen LogP contribution >= 0.6 is 0 Å². The van der Waals surface area contributed by atoms with Crippen LogP contribution in [0.1, 0.15) is 6.92 Å². The average molecular weight is 383 g/mol. The summed E-state index contributed by atoms with van der Waals surface area (Å²) in [6.07, 6.45) is 1.11. The smallest absolute Gasteiger partial charge is 0.322 e. The minimum atomic E-state index is -3.59. The van der Waals surface area contributed by atoms with Crippen molar-refractivity contribution >= 4 is 21.7 Å². The second kappa shape index (κ2) is 8.63. The number of carbonyl (C=O) groups excluding carboxylic acids is 1. The second-order valence-corrected chi connectivity index (χ2v) is 8.21. The molecule has 0 aromatic heterocycles. The van der Waals surface area contributed by atoms with Crippen LogP contribution in [0, 0.1) is 0 Å². The summed E-state index contributed by atoms with van der Waals surface area (Å²) >= 11 is 0. The number of sulfonamides is 1. The van der Waals surface area contributed by atoms with E-state index < -0.39 is 16.1 Å². The Morgan fingerprint density at radius 3 is 2.69 bits per heavy atom. The molecule has 2 amide bonds. The molecule has 0 saturated carbocycles. The first-order valence-corrected chi connectivity index (χ1v) is 9.71. The van der Waals surface area contributed by atoms with E-state index in [1.165, 1.54) is 29.6 Å². The summed E-state index contributed by atoms with van der Waals surface area (Å²) in [6.45, 7) is 6.10. The summed E-state index contributed by atoms with van der Waals surface area (Å²) in [5, 5.41) is 12.0. The van der Waals surface area contributed by atoms with Crippen LogP contribution in [0.2, 0.25) is 0 Å². The van der Waals surface area contributed by atoms with E-state index in [1.54, 1.807) is 17.0 Å². The SMILES string of the molecule is C=CCN(C)S(=O)(=O)c1ccc(NC(=O)N2C[C@H](CO)OC[C@@H]2C)cc1. The number of benzene rings is 1. The first-order valence-electron chi connectivity index (χ1n) is 8.27. The maximum atomic E-state index is 12.5. The number of likely N-dealkylation sites (N-methyl/N-ethyl adjacent to an activating group) is 1. The third-order valence-corrected chi connectivity index (χ3v) is 6.01. The molecule has 144 valence electrons. The van der Waals surface area contributed by atoms with E-state index in [4.69, 9.17) is 4.74 Å². The fourth-order valence-corrected chi connectivity index (χ4v) is 3.72. The molecule has 0 spiro atoms. The summed E-state index contributed by atoms with van der Waals surface area (Å²) in [6, 6.07) is 5.54. The minimum Gasteiger partial charge on any atom is -0.394 e. The topological polar surface area (TPSA) is 99.2 Å². The van der Waals surface area contributed by atoms with Gasteiger partial charge in [0.25, 0.3) is 0 Å². The van der Waals surface area contributed by atoms with E-state index in [9.17, 15) is 18.3 Å². The van der Waals surface area contributed by atoms with Gasteiger partial charge in [0, 0.05) is 19.3 Å². The van der Waals surface area contributed by atoms with Crippen molar-refractivity contribution in [3.8, 4) is 0 Å². The summed E-state index contributed by atoms with van der Waals surface area (Å²) in [4.78, 5) is 14.2. The van der Waals surface area contributed by atoms with Crippen LogP contribution < -0.4 is 5.32 Å². The van der Waals surface area contributed by atoms with Gasteiger partial charge in [0.2, 0.25) is 10.0 Å². The Kier molecular flexibility index (Phi) is 6.76. The normalized spacial score (nSPS) is 20.8. The molecule has 0 unspecified atom stereocenters. The van der Waals surface area contributed by atoms with Gasteiger partial charge in [-0.2, -0.15) is 4.31 Å². The maximum absolute atomic E-state index is 12.5. The number of rotatable bonds is 6. The highest BCUT2D eigenvalue weighted by Crippen LogP contribution is 2.19. The number of ether oxygens (including phenoxy) is 1. The highest BCUT2D eigenvalue weighted by atomic mass is 32.2. The Morgan fingerprint density at radius 1 is 1.46 bits per heavy atom. The van der Waals surface area contributed by atoms with Crippen molar-refractivity contribution in [1.29, 1.82) is 0 Å². The molecule has 2 N–H and O–H groups in total. The Labute approximate surface area is 154 Å². The van der Waals surface area contributed by atoms with Crippen molar-refractivity contribution in [3.63, 3.8) is 0 Å². The molecular formula is C17H25N3O5S. The Bertz CT molecular complexity index is 735. The monoisotopic (exact) mass is 383 g/mol. The first-order chi connectivity index (χ1) is 12.3. The van der Waals surface area contributed by atoms with E-state index in [2.05, 4.69) is 11.9 Å². The van der Waals surface area contributed by atoms with Gasteiger partial charge < -0.3 is 20.1 Å². The van der Waals surface area contributed by atoms with Crippen LogP contribution in [0.3, 0.4) is 0 Å². The number of aliphatic hydroxyl groups excluding tert-OH is 1. The highest BCUT2D eigenvalue weighted by molar-refractivity contribution is 7.89. The lowest BCUT2D eigenvalue weighted by molar-refractivity contribution is -0.0611. The standard InChI is InChI=1S/C17H25N3O5S/c1-4-9-19(3)26(23,24)16-7-5-14(6-8-16)18-17(22)20-10-15(11-21)25-12-13(20)2/h4-8,13,15,21H,1,9-12H2,2-3H3,(H,18,22)/t13-,15+/m0/s1. The van der Waals surface area contributed by atoms with E-state index in [-0.39, 0.29) is 30.1 Å². The number of hydrogen-bond donors (Lipinski definition) is 2. The van der Waals surface area contributed by atoms with Gasteiger partial charge in [-0.1, -0.05) is 6.08 Å². The Hall–Kier alpha value is -1.94.